The third-order valence-corrected chi connectivity index (χ3v) is 4.55. The maximum Gasteiger partial charge on any atom is 0.319 e. The van der Waals surface area contributed by atoms with E-state index >= 15 is 0 Å². The Bertz CT molecular complexity index is 697. The van der Waals surface area contributed by atoms with Crippen molar-refractivity contribution in [2.45, 2.75) is 6.54 Å². The second-order valence-electron chi connectivity index (χ2n) is 5.37. The third-order valence-electron chi connectivity index (χ3n) is 3.67. The lowest BCUT2D eigenvalue weighted by Crippen LogP contribution is -2.40. The van der Waals surface area contributed by atoms with Crippen molar-refractivity contribution in [3.8, 4) is 0 Å². The second kappa shape index (κ2) is 7.94. The Balaban J connectivity index is 1.58. The van der Waals surface area contributed by atoms with Crippen LogP contribution in [0.5, 0.6) is 0 Å². The molecular weight excluding hydrogens is 326 g/mol. The van der Waals surface area contributed by atoms with E-state index in [4.69, 9.17) is 4.74 Å². The zero-order valence-electron chi connectivity index (χ0n) is 13.2. The molecule has 3 rings (SSSR count). The van der Waals surface area contributed by atoms with Crippen LogP contribution in [0, 0.1) is 0 Å². The van der Waals surface area contributed by atoms with Crippen molar-refractivity contribution in [3.63, 3.8) is 0 Å². The highest BCUT2D eigenvalue weighted by Crippen LogP contribution is 2.14. The van der Waals surface area contributed by atoms with E-state index in [1.807, 2.05) is 17.5 Å². The minimum Gasteiger partial charge on any atom is -0.378 e. The normalized spacial score (nSPS) is 14.2. The Morgan fingerprint density at radius 1 is 1.17 bits per heavy atom. The van der Waals surface area contributed by atoms with Gasteiger partial charge in [-0.2, -0.15) is 0 Å². The molecule has 2 heterocycles. The van der Waals surface area contributed by atoms with Gasteiger partial charge in [-0.15, -0.1) is 11.3 Å². The van der Waals surface area contributed by atoms with Crippen molar-refractivity contribution in [1.82, 2.24) is 10.2 Å². The molecule has 0 spiro atoms. The van der Waals surface area contributed by atoms with E-state index in [-0.39, 0.29) is 11.9 Å². The number of amides is 3. The van der Waals surface area contributed by atoms with Crippen molar-refractivity contribution < 1.29 is 14.3 Å². The van der Waals surface area contributed by atoms with Crippen molar-refractivity contribution in [2.24, 2.45) is 0 Å². The monoisotopic (exact) mass is 345 g/mol. The first-order valence-electron chi connectivity index (χ1n) is 7.77. The lowest BCUT2D eigenvalue weighted by Gasteiger charge is -2.27. The van der Waals surface area contributed by atoms with Crippen LogP contribution in [0.4, 0.5) is 10.5 Å². The van der Waals surface area contributed by atoms with Gasteiger partial charge in [0.2, 0.25) is 0 Å². The minimum absolute atomic E-state index is 0.0408. The second-order valence-corrected chi connectivity index (χ2v) is 6.40. The van der Waals surface area contributed by atoms with Gasteiger partial charge >= 0.3 is 6.03 Å². The number of nitrogens with zero attached hydrogens (tertiary/aromatic N) is 1. The van der Waals surface area contributed by atoms with E-state index in [1.165, 1.54) is 0 Å². The van der Waals surface area contributed by atoms with Crippen LogP contribution in [0.3, 0.4) is 0 Å². The van der Waals surface area contributed by atoms with E-state index in [1.54, 1.807) is 40.5 Å². The first-order valence-corrected chi connectivity index (χ1v) is 8.64. The molecule has 1 aromatic heterocycles. The summed E-state index contributed by atoms with van der Waals surface area (Å²) in [5.74, 6) is -0.0408. The first-order chi connectivity index (χ1) is 11.7. The Hall–Kier alpha value is -2.38. The van der Waals surface area contributed by atoms with Crippen LogP contribution in [-0.4, -0.2) is 43.1 Å². The Kier molecular flexibility index (Phi) is 5.45. The summed E-state index contributed by atoms with van der Waals surface area (Å²) in [4.78, 5) is 27.3. The first kappa shape index (κ1) is 16.5. The smallest absolute Gasteiger partial charge is 0.319 e. The number of hydrogen-bond donors (Lipinski definition) is 2. The Morgan fingerprint density at radius 2 is 2.00 bits per heavy atom. The number of ether oxygens (including phenoxy) is 1. The predicted molar refractivity (Wildman–Crippen MR) is 93.3 cm³/mol. The molecule has 3 amide bonds. The molecule has 2 aromatic rings. The van der Waals surface area contributed by atoms with E-state index < -0.39 is 0 Å². The van der Waals surface area contributed by atoms with Gasteiger partial charge in [0.05, 0.1) is 19.8 Å². The van der Waals surface area contributed by atoms with Crippen LogP contribution in [-0.2, 0) is 11.3 Å². The van der Waals surface area contributed by atoms with Crippen LogP contribution in [0.15, 0.2) is 41.8 Å². The summed E-state index contributed by atoms with van der Waals surface area (Å²) in [6.45, 7) is 2.80. The highest BCUT2D eigenvalue weighted by molar-refractivity contribution is 7.09. The number of rotatable bonds is 4. The fraction of sp³-hybridized carbons (Fsp3) is 0.294. The maximum absolute atomic E-state index is 12.5. The van der Waals surface area contributed by atoms with Crippen molar-refractivity contribution >= 4 is 29.0 Å². The number of benzene rings is 1. The Morgan fingerprint density at radius 3 is 2.75 bits per heavy atom. The molecule has 24 heavy (non-hydrogen) atoms. The molecule has 0 saturated carbocycles. The highest BCUT2D eigenvalue weighted by atomic mass is 32.1. The number of morpholine rings is 1. The van der Waals surface area contributed by atoms with Crippen LogP contribution in [0.1, 0.15) is 15.2 Å². The molecule has 0 unspecified atom stereocenters. The van der Waals surface area contributed by atoms with E-state index in [2.05, 4.69) is 10.6 Å². The van der Waals surface area contributed by atoms with Gasteiger partial charge in [-0.25, -0.2) is 4.79 Å². The summed E-state index contributed by atoms with van der Waals surface area (Å²) >= 11 is 1.59. The van der Waals surface area contributed by atoms with Gasteiger partial charge in [0, 0.05) is 29.2 Å². The summed E-state index contributed by atoms with van der Waals surface area (Å²) in [5.41, 5.74) is 1.16. The number of carbonyl (C=O) groups is 2. The molecule has 1 fully saturated rings. The fourth-order valence-corrected chi connectivity index (χ4v) is 3.08. The maximum atomic E-state index is 12.5. The lowest BCUT2D eigenvalue weighted by atomic mass is 10.1. The van der Waals surface area contributed by atoms with Gasteiger partial charge < -0.3 is 20.3 Å². The summed E-state index contributed by atoms with van der Waals surface area (Å²) in [6, 6.07) is 10.6. The van der Waals surface area contributed by atoms with Crippen LogP contribution in [0.25, 0.3) is 0 Å². The number of anilines is 1. The molecule has 0 radical (unpaired) electrons. The number of carbonyl (C=O) groups excluding carboxylic acids is 2. The van der Waals surface area contributed by atoms with Crippen molar-refractivity contribution in [1.29, 1.82) is 0 Å². The quantitative estimate of drug-likeness (QED) is 0.895. The molecule has 6 nitrogen and oxygen atoms in total. The van der Waals surface area contributed by atoms with E-state index in [0.717, 1.165) is 4.88 Å². The SMILES string of the molecule is O=C(NCc1cccs1)Nc1cccc(C(=O)N2CCOCC2)c1. The van der Waals surface area contributed by atoms with E-state index in [9.17, 15) is 9.59 Å². The molecule has 7 heteroatoms. The Labute approximate surface area is 144 Å². The number of hydrogen-bond acceptors (Lipinski definition) is 4. The molecule has 126 valence electrons. The van der Waals surface area contributed by atoms with Crippen LogP contribution >= 0.6 is 11.3 Å². The van der Waals surface area contributed by atoms with Gasteiger partial charge in [0.25, 0.3) is 5.91 Å². The summed E-state index contributed by atoms with van der Waals surface area (Å²) < 4.78 is 5.26. The third kappa shape index (κ3) is 4.33. The molecule has 1 aromatic carbocycles. The highest BCUT2D eigenvalue weighted by Gasteiger charge is 2.18. The van der Waals surface area contributed by atoms with Gasteiger partial charge in [0.1, 0.15) is 0 Å². The van der Waals surface area contributed by atoms with Gasteiger partial charge in [-0.05, 0) is 29.6 Å². The average Bonchev–Trinajstić information content (AvgIpc) is 3.14. The lowest BCUT2D eigenvalue weighted by molar-refractivity contribution is 0.0303. The van der Waals surface area contributed by atoms with Crippen LogP contribution in [0.2, 0.25) is 0 Å². The average molecular weight is 345 g/mol. The van der Waals surface area contributed by atoms with Crippen molar-refractivity contribution in [2.75, 3.05) is 31.6 Å². The number of nitrogens with one attached hydrogen (secondary N) is 2. The largest absolute Gasteiger partial charge is 0.378 e. The van der Waals surface area contributed by atoms with Gasteiger partial charge in [-0.1, -0.05) is 12.1 Å². The van der Waals surface area contributed by atoms with E-state index in [0.29, 0.717) is 44.1 Å². The molecule has 0 atom stereocenters. The zero-order valence-corrected chi connectivity index (χ0v) is 14.0. The minimum atomic E-state index is -0.292. The molecule has 1 aliphatic heterocycles. The number of urea groups is 1. The standard InChI is InChI=1S/C17H19N3O3S/c21-16(20-6-8-23-9-7-20)13-3-1-4-14(11-13)19-17(22)18-12-15-5-2-10-24-15/h1-5,10-11H,6-9,12H2,(H2,18,19,22). The van der Waals surface area contributed by atoms with Crippen LogP contribution < -0.4 is 10.6 Å². The summed E-state index contributed by atoms with van der Waals surface area (Å²) in [6.07, 6.45) is 0. The van der Waals surface area contributed by atoms with Crippen molar-refractivity contribution in [3.05, 3.63) is 52.2 Å². The molecule has 1 aliphatic rings. The van der Waals surface area contributed by atoms with Gasteiger partial charge in [-0.3, -0.25) is 4.79 Å². The topological polar surface area (TPSA) is 70.7 Å². The molecular formula is C17H19N3O3S. The summed E-state index contributed by atoms with van der Waals surface area (Å²) in [5, 5.41) is 7.52. The zero-order chi connectivity index (χ0) is 16.8. The molecule has 0 aliphatic carbocycles. The fourth-order valence-electron chi connectivity index (χ4n) is 2.43. The van der Waals surface area contributed by atoms with Gasteiger partial charge in [0.15, 0.2) is 0 Å². The summed E-state index contributed by atoms with van der Waals surface area (Å²) in [7, 11) is 0. The predicted octanol–water partition coefficient (Wildman–Crippen LogP) is 2.54. The molecule has 0 bridgehead atoms. The molecule has 1 saturated heterocycles. The molecule has 2 N–H and O–H groups in total. The number of thiophene rings is 1.